The van der Waals surface area contributed by atoms with Gasteiger partial charge in [0, 0.05) is 24.3 Å². The highest BCUT2D eigenvalue weighted by molar-refractivity contribution is 6.29. The minimum absolute atomic E-state index is 0.157. The summed E-state index contributed by atoms with van der Waals surface area (Å²) in [7, 11) is 0. The first kappa shape index (κ1) is 13.4. The zero-order valence-electron chi connectivity index (χ0n) is 11.6. The quantitative estimate of drug-likeness (QED) is 0.809. The van der Waals surface area contributed by atoms with E-state index in [1.54, 1.807) is 6.20 Å². The maximum atomic E-state index is 5.98. The minimum Gasteiger partial charge on any atom is -0.361 e. The van der Waals surface area contributed by atoms with Crippen molar-refractivity contribution in [2.45, 2.75) is 38.6 Å². The maximum absolute atomic E-state index is 5.98. The second kappa shape index (κ2) is 5.40. The Kier molecular flexibility index (Phi) is 3.61. The van der Waals surface area contributed by atoms with Crippen molar-refractivity contribution in [3.05, 3.63) is 35.2 Å². The molecule has 20 heavy (non-hydrogen) atoms. The first-order valence-corrected chi connectivity index (χ1v) is 7.24. The zero-order valence-corrected chi connectivity index (χ0v) is 12.3. The van der Waals surface area contributed by atoms with Crippen LogP contribution in [0.4, 0.5) is 5.69 Å². The highest BCUT2D eigenvalue weighted by atomic mass is 35.5. The van der Waals surface area contributed by atoms with Crippen LogP contribution in [-0.2, 0) is 0 Å². The number of hydrogen-bond donors (Lipinski definition) is 0. The van der Waals surface area contributed by atoms with Crippen LogP contribution in [0, 0.1) is 0 Å². The topological polar surface area (TPSA) is 55.1 Å². The van der Waals surface area contributed by atoms with Crippen molar-refractivity contribution < 1.29 is 4.52 Å². The number of rotatable bonds is 3. The molecule has 1 saturated heterocycles. The molecule has 0 aliphatic carbocycles. The normalized spacial score (nSPS) is 19.0. The summed E-state index contributed by atoms with van der Waals surface area (Å²) in [6, 6.07) is 4.00. The van der Waals surface area contributed by atoms with Gasteiger partial charge in [0.1, 0.15) is 5.15 Å². The average molecular weight is 293 g/mol. The smallest absolute Gasteiger partial charge is 0.229 e. The lowest BCUT2D eigenvalue weighted by molar-refractivity contribution is 0.358. The van der Waals surface area contributed by atoms with E-state index in [9.17, 15) is 0 Å². The van der Waals surface area contributed by atoms with Crippen molar-refractivity contribution in [1.82, 2.24) is 15.1 Å². The second-order valence-corrected chi connectivity index (χ2v) is 5.72. The molecule has 1 aliphatic rings. The molecule has 0 amide bonds. The number of nitrogens with zero attached hydrogens (tertiary/aromatic N) is 4. The molecule has 1 fully saturated rings. The van der Waals surface area contributed by atoms with Crippen LogP contribution in [0.5, 0.6) is 0 Å². The van der Waals surface area contributed by atoms with Gasteiger partial charge in [0.25, 0.3) is 0 Å². The molecule has 1 unspecified atom stereocenters. The van der Waals surface area contributed by atoms with Crippen molar-refractivity contribution in [3.8, 4) is 0 Å². The van der Waals surface area contributed by atoms with E-state index >= 15 is 0 Å². The van der Waals surface area contributed by atoms with E-state index in [0.29, 0.717) is 11.0 Å². The minimum atomic E-state index is 0.157. The summed E-state index contributed by atoms with van der Waals surface area (Å²) in [5, 5.41) is 4.65. The SMILES string of the molecule is CC(C)c1nc(C2CCCN2c2ccnc(Cl)c2)no1. The van der Waals surface area contributed by atoms with Crippen LogP contribution in [0.3, 0.4) is 0 Å². The van der Waals surface area contributed by atoms with Gasteiger partial charge in [-0.1, -0.05) is 30.6 Å². The molecule has 0 radical (unpaired) electrons. The fourth-order valence-electron chi connectivity index (χ4n) is 2.53. The second-order valence-electron chi connectivity index (χ2n) is 5.33. The van der Waals surface area contributed by atoms with Gasteiger partial charge in [-0.25, -0.2) is 4.98 Å². The number of hydrogen-bond acceptors (Lipinski definition) is 5. The van der Waals surface area contributed by atoms with Gasteiger partial charge in [-0.15, -0.1) is 0 Å². The molecular formula is C14H17ClN4O. The molecule has 6 heteroatoms. The van der Waals surface area contributed by atoms with Gasteiger partial charge >= 0.3 is 0 Å². The lowest BCUT2D eigenvalue weighted by Crippen LogP contribution is -2.23. The lowest BCUT2D eigenvalue weighted by atomic mass is 10.2. The van der Waals surface area contributed by atoms with Crippen LogP contribution in [0.15, 0.2) is 22.9 Å². The summed E-state index contributed by atoms with van der Waals surface area (Å²) in [5.74, 6) is 1.71. The molecule has 3 heterocycles. The van der Waals surface area contributed by atoms with E-state index in [4.69, 9.17) is 16.1 Å². The van der Waals surface area contributed by atoms with E-state index in [-0.39, 0.29) is 12.0 Å². The largest absolute Gasteiger partial charge is 0.361 e. The van der Waals surface area contributed by atoms with Crippen molar-refractivity contribution in [2.24, 2.45) is 0 Å². The van der Waals surface area contributed by atoms with Gasteiger partial charge in [0.15, 0.2) is 5.82 Å². The molecule has 3 rings (SSSR count). The van der Waals surface area contributed by atoms with Crippen LogP contribution in [0.1, 0.15) is 50.4 Å². The zero-order chi connectivity index (χ0) is 14.1. The van der Waals surface area contributed by atoms with E-state index in [1.807, 2.05) is 26.0 Å². The Balaban J connectivity index is 1.88. The summed E-state index contributed by atoms with van der Waals surface area (Å²) >= 11 is 5.98. The average Bonchev–Trinajstić information content (AvgIpc) is 3.07. The third-order valence-corrected chi connectivity index (χ3v) is 3.75. The Labute approximate surface area is 123 Å². The van der Waals surface area contributed by atoms with Gasteiger partial charge < -0.3 is 9.42 Å². The molecule has 0 aromatic carbocycles. The highest BCUT2D eigenvalue weighted by Gasteiger charge is 2.30. The fourth-order valence-corrected chi connectivity index (χ4v) is 2.70. The van der Waals surface area contributed by atoms with Crippen LogP contribution < -0.4 is 4.90 Å². The Bertz CT molecular complexity index is 598. The van der Waals surface area contributed by atoms with Crippen molar-refractivity contribution in [2.75, 3.05) is 11.4 Å². The predicted molar refractivity (Wildman–Crippen MR) is 77.0 cm³/mol. The summed E-state index contributed by atoms with van der Waals surface area (Å²) in [6.07, 6.45) is 3.86. The molecule has 0 saturated carbocycles. The van der Waals surface area contributed by atoms with Crippen molar-refractivity contribution in [1.29, 1.82) is 0 Å². The van der Waals surface area contributed by atoms with Gasteiger partial charge in [0.2, 0.25) is 5.89 Å². The molecule has 0 spiro atoms. The predicted octanol–water partition coefficient (Wildman–Crippen LogP) is 3.58. The lowest BCUT2D eigenvalue weighted by Gasteiger charge is -2.24. The first-order valence-electron chi connectivity index (χ1n) is 6.87. The van der Waals surface area contributed by atoms with Crippen molar-refractivity contribution in [3.63, 3.8) is 0 Å². The number of halogens is 1. The highest BCUT2D eigenvalue weighted by Crippen LogP contribution is 2.35. The molecule has 106 valence electrons. The van der Waals surface area contributed by atoms with Gasteiger partial charge in [-0.3, -0.25) is 0 Å². The van der Waals surface area contributed by atoms with Gasteiger partial charge in [-0.05, 0) is 25.0 Å². The van der Waals surface area contributed by atoms with Crippen molar-refractivity contribution >= 4 is 17.3 Å². The van der Waals surface area contributed by atoms with E-state index < -0.39 is 0 Å². The Morgan fingerprint density at radius 1 is 1.45 bits per heavy atom. The Morgan fingerprint density at radius 2 is 2.30 bits per heavy atom. The molecular weight excluding hydrogens is 276 g/mol. The summed E-state index contributed by atoms with van der Waals surface area (Å²) in [6.45, 7) is 5.06. The van der Waals surface area contributed by atoms with Crippen LogP contribution in [0.2, 0.25) is 5.15 Å². The molecule has 5 nitrogen and oxygen atoms in total. The van der Waals surface area contributed by atoms with Crippen LogP contribution in [-0.4, -0.2) is 21.7 Å². The van der Waals surface area contributed by atoms with E-state index in [0.717, 1.165) is 30.9 Å². The molecule has 0 bridgehead atoms. The third-order valence-electron chi connectivity index (χ3n) is 3.54. The third kappa shape index (κ3) is 2.50. The van der Waals surface area contributed by atoms with Gasteiger partial charge in [-0.2, -0.15) is 4.98 Å². The van der Waals surface area contributed by atoms with Gasteiger partial charge in [0.05, 0.1) is 6.04 Å². The summed E-state index contributed by atoms with van der Waals surface area (Å²) in [5.41, 5.74) is 1.06. The van der Waals surface area contributed by atoms with Crippen LogP contribution in [0.25, 0.3) is 0 Å². The Morgan fingerprint density at radius 3 is 3.00 bits per heavy atom. The molecule has 1 atom stereocenters. The molecule has 2 aromatic rings. The monoisotopic (exact) mass is 292 g/mol. The number of anilines is 1. The summed E-state index contributed by atoms with van der Waals surface area (Å²) < 4.78 is 5.32. The fraction of sp³-hybridized carbons (Fsp3) is 0.500. The number of pyridine rings is 1. The van der Waals surface area contributed by atoms with E-state index in [2.05, 4.69) is 20.0 Å². The molecule has 2 aromatic heterocycles. The number of aromatic nitrogens is 3. The first-order chi connectivity index (χ1) is 9.65. The maximum Gasteiger partial charge on any atom is 0.229 e. The van der Waals surface area contributed by atoms with E-state index in [1.165, 1.54) is 0 Å². The summed E-state index contributed by atoms with van der Waals surface area (Å²) in [4.78, 5) is 10.8. The molecule has 1 aliphatic heterocycles. The standard InChI is InChI=1S/C14H17ClN4O/c1-9(2)14-17-13(18-20-14)11-4-3-7-19(11)10-5-6-16-12(15)8-10/h5-6,8-9,11H,3-4,7H2,1-2H3. The Hall–Kier alpha value is -1.62. The molecule has 0 N–H and O–H groups in total. The van der Waals surface area contributed by atoms with Crippen LogP contribution >= 0.6 is 11.6 Å².